The molecule has 0 fully saturated rings. The summed E-state index contributed by atoms with van der Waals surface area (Å²) in [5.41, 5.74) is -6.54. The Hall–Kier alpha value is -1.79. The summed E-state index contributed by atoms with van der Waals surface area (Å²) in [4.78, 5) is 0. The second-order valence-electron chi connectivity index (χ2n) is 6.75. The van der Waals surface area contributed by atoms with E-state index in [1.165, 1.54) is 27.7 Å². The van der Waals surface area contributed by atoms with Crippen LogP contribution in [0.4, 0.5) is 49.6 Å². The Morgan fingerprint density at radius 1 is 0.733 bits per heavy atom. The summed E-state index contributed by atoms with van der Waals surface area (Å²) in [7, 11) is 0. The highest BCUT2D eigenvalue weighted by atomic mass is 35.5. The van der Waals surface area contributed by atoms with Crippen LogP contribution < -0.4 is 0 Å². The fraction of sp³-hybridized carbons (Fsp3) is 0.625. The standard InChI is InChI=1S/C16H16ClF10N3/c1-7(2)30(8(3)4)29-28-12-10(13(18,19)15(22,23)24)5-9(17)6-11(12)14(20,21)16(25,26)27/h5-8H,1-4H3. The topological polar surface area (TPSA) is 28.0 Å². The lowest BCUT2D eigenvalue weighted by Gasteiger charge is -2.28. The molecule has 0 aliphatic carbocycles. The third-order valence-corrected chi connectivity index (χ3v) is 3.99. The van der Waals surface area contributed by atoms with Crippen molar-refractivity contribution in [2.24, 2.45) is 10.3 Å². The van der Waals surface area contributed by atoms with Gasteiger partial charge in [-0.15, -0.1) is 5.11 Å². The molecule has 0 saturated carbocycles. The molecule has 0 aromatic heterocycles. The maximum atomic E-state index is 14.0. The highest BCUT2D eigenvalue weighted by molar-refractivity contribution is 6.30. The molecule has 1 aromatic rings. The van der Waals surface area contributed by atoms with Crippen molar-refractivity contribution in [3.8, 4) is 0 Å². The Morgan fingerprint density at radius 3 is 1.33 bits per heavy atom. The molecule has 0 N–H and O–H groups in total. The van der Waals surface area contributed by atoms with Gasteiger partial charge in [-0.2, -0.15) is 43.9 Å². The molecule has 1 rings (SSSR count). The van der Waals surface area contributed by atoms with E-state index < -0.39 is 58.1 Å². The summed E-state index contributed by atoms with van der Waals surface area (Å²) in [6.07, 6.45) is -12.7. The van der Waals surface area contributed by atoms with Gasteiger partial charge in [0.25, 0.3) is 0 Å². The van der Waals surface area contributed by atoms with Crippen LogP contribution in [0.15, 0.2) is 22.5 Å². The van der Waals surface area contributed by atoms with Crippen molar-refractivity contribution in [2.45, 2.75) is 64.0 Å². The maximum absolute atomic E-state index is 14.0. The molecule has 0 aliphatic rings. The first-order valence-electron chi connectivity index (χ1n) is 8.18. The van der Waals surface area contributed by atoms with Gasteiger partial charge in [0, 0.05) is 17.1 Å². The molecule has 1 aromatic carbocycles. The molecule has 0 bridgehead atoms. The average Bonchev–Trinajstić information content (AvgIpc) is 2.52. The van der Waals surface area contributed by atoms with Gasteiger partial charge < -0.3 is 0 Å². The Labute approximate surface area is 169 Å². The van der Waals surface area contributed by atoms with Gasteiger partial charge >= 0.3 is 24.2 Å². The Kier molecular flexibility index (Phi) is 7.34. The lowest BCUT2D eigenvalue weighted by atomic mass is 9.97. The third kappa shape index (κ3) is 5.09. The summed E-state index contributed by atoms with van der Waals surface area (Å²) < 4.78 is 133. The van der Waals surface area contributed by atoms with Crippen molar-refractivity contribution in [3.63, 3.8) is 0 Å². The summed E-state index contributed by atoms with van der Waals surface area (Å²) in [5, 5.41) is 6.15. The highest BCUT2D eigenvalue weighted by Gasteiger charge is 2.64. The van der Waals surface area contributed by atoms with Crippen molar-refractivity contribution >= 4 is 17.3 Å². The molecule has 14 heteroatoms. The normalized spacial score (nSPS) is 14.3. The maximum Gasteiger partial charge on any atom is 0.458 e. The quantitative estimate of drug-likeness (QED) is 0.235. The zero-order chi connectivity index (χ0) is 23.9. The first kappa shape index (κ1) is 26.2. The zero-order valence-electron chi connectivity index (χ0n) is 15.8. The molecule has 0 radical (unpaired) electrons. The largest absolute Gasteiger partial charge is 0.458 e. The van der Waals surface area contributed by atoms with Gasteiger partial charge in [0.2, 0.25) is 0 Å². The molecule has 172 valence electrons. The van der Waals surface area contributed by atoms with E-state index in [1.54, 1.807) is 0 Å². The third-order valence-electron chi connectivity index (χ3n) is 3.77. The van der Waals surface area contributed by atoms with Crippen LogP contribution in [0.2, 0.25) is 5.02 Å². The number of benzene rings is 1. The van der Waals surface area contributed by atoms with E-state index in [4.69, 9.17) is 11.6 Å². The zero-order valence-corrected chi connectivity index (χ0v) is 16.6. The van der Waals surface area contributed by atoms with Crippen molar-refractivity contribution in [1.29, 1.82) is 0 Å². The van der Waals surface area contributed by atoms with E-state index >= 15 is 0 Å². The van der Waals surface area contributed by atoms with Crippen LogP contribution in [-0.4, -0.2) is 29.4 Å². The van der Waals surface area contributed by atoms with Crippen molar-refractivity contribution in [3.05, 3.63) is 28.3 Å². The minimum atomic E-state index is -6.33. The van der Waals surface area contributed by atoms with Crippen molar-refractivity contribution in [1.82, 2.24) is 5.01 Å². The minimum absolute atomic E-state index is 0.0750. The number of alkyl halides is 10. The predicted octanol–water partition coefficient (Wildman–Crippen LogP) is 7.77. The molecule has 0 heterocycles. The first-order chi connectivity index (χ1) is 13.2. The minimum Gasteiger partial charge on any atom is -0.273 e. The molecule has 0 saturated heterocycles. The van der Waals surface area contributed by atoms with Gasteiger partial charge in [0.15, 0.2) is 0 Å². The molecular formula is C16H16ClF10N3. The van der Waals surface area contributed by atoms with E-state index in [0.29, 0.717) is 0 Å². The van der Waals surface area contributed by atoms with Crippen molar-refractivity contribution in [2.75, 3.05) is 0 Å². The number of hydrogen-bond donors (Lipinski definition) is 0. The van der Waals surface area contributed by atoms with E-state index in [1.807, 2.05) is 0 Å². The lowest BCUT2D eigenvalue weighted by molar-refractivity contribution is -0.291. The monoisotopic (exact) mass is 475 g/mol. The van der Waals surface area contributed by atoms with Crippen LogP contribution in [0, 0.1) is 0 Å². The molecule has 0 amide bonds. The first-order valence-corrected chi connectivity index (χ1v) is 8.56. The van der Waals surface area contributed by atoms with Gasteiger partial charge in [0.1, 0.15) is 5.69 Å². The molecule has 0 spiro atoms. The SMILES string of the molecule is CC(C)N(N=Nc1c(C(F)(F)C(F)(F)F)cc(Cl)cc1C(F)(F)C(F)(F)F)C(C)C. The lowest BCUT2D eigenvalue weighted by Crippen LogP contribution is -2.37. The number of rotatable bonds is 6. The van der Waals surface area contributed by atoms with Gasteiger partial charge in [0.05, 0.1) is 11.1 Å². The van der Waals surface area contributed by atoms with Crippen LogP contribution >= 0.6 is 11.6 Å². The fourth-order valence-corrected chi connectivity index (χ4v) is 2.61. The number of hydrogen-bond acceptors (Lipinski definition) is 2. The van der Waals surface area contributed by atoms with Crippen LogP contribution in [-0.2, 0) is 11.8 Å². The van der Waals surface area contributed by atoms with Crippen LogP contribution in [0.5, 0.6) is 0 Å². The Bertz CT molecular complexity index is 729. The Balaban J connectivity index is 3.97. The molecule has 0 unspecified atom stereocenters. The van der Waals surface area contributed by atoms with Crippen LogP contribution in [0.1, 0.15) is 38.8 Å². The smallest absolute Gasteiger partial charge is 0.273 e. The van der Waals surface area contributed by atoms with Gasteiger partial charge in [-0.25, -0.2) is 0 Å². The molecule has 30 heavy (non-hydrogen) atoms. The molecule has 0 aliphatic heterocycles. The summed E-state index contributed by atoms with van der Waals surface area (Å²) >= 11 is 5.31. The second kappa shape index (κ2) is 8.39. The van der Waals surface area contributed by atoms with E-state index in [9.17, 15) is 43.9 Å². The van der Waals surface area contributed by atoms with E-state index in [2.05, 4.69) is 10.3 Å². The summed E-state index contributed by atoms with van der Waals surface area (Å²) in [6, 6.07) is -1.23. The molecular weight excluding hydrogens is 460 g/mol. The van der Waals surface area contributed by atoms with Gasteiger partial charge in [-0.3, -0.25) is 5.01 Å². The summed E-state index contributed by atoms with van der Waals surface area (Å²) in [5.74, 6) is -11.7. The molecule has 0 atom stereocenters. The fourth-order valence-electron chi connectivity index (χ4n) is 2.39. The summed E-state index contributed by atoms with van der Waals surface area (Å²) in [6.45, 7) is 5.99. The Morgan fingerprint density at radius 2 is 1.07 bits per heavy atom. The highest BCUT2D eigenvalue weighted by Crippen LogP contribution is 2.54. The van der Waals surface area contributed by atoms with Crippen LogP contribution in [0.25, 0.3) is 0 Å². The predicted molar refractivity (Wildman–Crippen MR) is 88.0 cm³/mol. The van der Waals surface area contributed by atoms with E-state index in [0.717, 1.165) is 5.01 Å². The van der Waals surface area contributed by atoms with Crippen LogP contribution in [0.3, 0.4) is 0 Å². The number of halogens is 11. The van der Waals surface area contributed by atoms with Gasteiger partial charge in [-0.1, -0.05) is 16.8 Å². The number of nitrogens with zero attached hydrogens (tertiary/aromatic N) is 3. The van der Waals surface area contributed by atoms with Crippen molar-refractivity contribution < 1.29 is 43.9 Å². The van der Waals surface area contributed by atoms with E-state index in [-0.39, 0.29) is 12.1 Å². The average molecular weight is 476 g/mol. The van der Waals surface area contributed by atoms with Gasteiger partial charge in [-0.05, 0) is 39.8 Å². The second-order valence-corrected chi connectivity index (χ2v) is 7.19. The molecule has 3 nitrogen and oxygen atoms in total.